The Morgan fingerprint density at radius 2 is 1.04 bits per heavy atom. The molecule has 0 fully saturated rings. The first-order valence-corrected chi connectivity index (χ1v) is 17.6. The molecule has 0 saturated carbocycles. The number of hydrogen-bond acceptors (Lipinski definition) is 4. The summed E-state index contributed by atoms with van der Waals surface area (Å²) in [5.41, 5.74) is 10.9. The highest BCUT2D eigenvalue weighted by Gasteiger charge is 2.21. The minimum atomic E-state index is 0.681. The highest BCUT2D eigenvalue weighted by molar-refractivity contribution is 7.25. The molecule has 0 atom stereocenters. The predicted octanol–water partition coefficient (Wildman–Crippen LogP) is 13.1. The van der Waals surface area contributed by atoms with Gasteiger partial charge >= 0.3 is 0 Å². The highest BCUT2D eigenvalue weighted by Crippen LogP contribution is 2.44. The van der Waals surface area contributed by atoms with Crippen LogP contribution in [0.5, 0.6) is 0 Å². The third kappa shape index (κ3) is 4.73. The summed E-state index contributed by atoms with van der Waals surface area (Å²) < 4.78 is 9.33. The number of rotatable bonds is 5. The van der Waals surface area contributed by atoms with Gasteiger partial charge in [-0.3, -0.25) is 0 Å². The van der Waals surface area contributed by atoms with E-state index in [1.807, 2.05) is 29.5 Å². The van der Waals surface area contributed by atoms with E-state index in [2.05, 4.69) is 152 Å². The Bertz CT molecular complexity index is 2870. The molecule has 3 heterocycles. The summed E-state index contributed by atoms with van der Waals surface area (Å²) in [6.07, 6.45) is 0. The molecule has 0 aliphatic rings. The number of nitrogens with zero attached hydrogens (tertiary/aromatic N) is 2. The summed E-state index contributed by atoms with van der Waals surface area (Å²) in [4.78, 5) is 10.5. The largest absolute Gasteiger partial charge is 0.455 e. The average molecular weight is 657 g/mol. The first-order valence-electron chi connectivity index (χ1n) is 16.7. The van der Waals surface area contributed by atoms with Crippen molar-refractivity contribution in [2.75, 3.05) is 0 Å². The topological polar surface area (TPSA) is 38.9 Å². The van der Waals surface area contributed by atoms with Crippen molar-refractivity contribution in [1.82, 2.24) is 9.97 Å². The second-order valence-electron chi connectivity index (χ2n) is 12.5. The van der Waals surface area contributed by atoms with Crippen LogP contribution in [0.3, 0.4) is 0 Å². The van der Waals surface area contributed by atoms with E-state index in [0.717, 1.165) is 72.3 Å². The van der Waals surface area contributed by atoms with Crippen LogP contribution in [-0.2, 0) is 0 Å². The molecule has 10 rings (SSSR count). The van der Waals surface area contributed by atoms with E-state index in [-0.39, 0.29) is 0 Å². The van der Waals surface area contributed by atoms with Gasteiger partial charge in [0.15, 0.2) is 5.82 Å². The molecule has 0 unspecified atom stereocenters. The third-order valence-corrected chi connectivity index (χ3v) is 10.7. The van der Waals surface area contributed by atoms with Crippen LogP contribution >= 0.6 is 11.3 Å². The molecule has 0 radical (unpaired) electrons. The van der Waals surface area contributed by atoms with Gasteiger partial charge in [0.25, 0.3) is 0 Å². The van der Waals surface area contributed by atoms with Crippen LogP contribution < -0.4 is 0 Å². The Morgan fingerprint density at radius 3 is 1.88 bits per heavy atom. The summed E-state index contributed by atoms with van der Waals surface area (Å²) in [5.74, 6) is 0.681. The van der Waals surface area contributed by atoms with Crippen LogP contribution in [0.25, 0.3) is 98.3 Å². The van der Waals surface area contributed by atoms with Crippen LogP contribution in [0.2, 0.25) is 0 Å². The highest BCUT2D eigenvalue weighted by atomic mass is 32.1. The van der Waals surface area contributed by atoms with Crippen LogP contribution in [0.15, 0.2) is 174 Å². The maximum atomic E-state index is 6.75. The van der Waals surface area contributed by atoms with Crippen molar-refractivity contribution < 1.29 is 4.42 Å². The minimum Gasteiger partial charge on any atom is -0.455 e. The smallest absolute Gasteiger partial charge is 0.161 e. The summed E-state index contributed by atoms with van der Waals surface area (Å²) in [6, 6.07) is 59.4. The molecule has 0 aliphatic carbocycles. The lowest BCUT2D eigenvalue weighted by Crippen LogP contribution is -1.98. The number of para-hydroxylation sites is 1. The zero-order chi connectivity index (χ0) is 33.0. The van der Waals surface area contributed by atoms with Crippen molar-refractivity contribution in [1.29, 1.82) is 0 Å². The van der Waals surface area contributed by atoms with Gasteiger partial charge in [0.1, 0.15) is 11.2 Å². The molecule has 0 bridgehead atoms. The Kier molecular flexibility index (Phi) is 6.68. The van der Waals surface area contributed by atoms with E-state index in [0.29, 0.717) is 5.82 Å². The monoisotopic (exact) mass is 656 g/mol. The molecule has 4 heteroatoms. The van der Waals surface area contributed by atoms with Crippen molar-refractivity contribution in [2.45, 2.75) is 0 Å². The van der Waals surface area contributed by atoms with E-state index >= 15 is 0 Å². The molecule has 234 valence electrons. The molecule has 0 spiro atoms. The molecule has 0 aliphatic heterocycles. The van der Waals surface area contributed by atoms with Gasteiger partial charge in [0.2, 0.25) is 0 Å². The third-order valence-electron chi connectivity index (χ3n) is 9.54. The second kappa shape index (κ2) is 11.7. The zero-order valence-electron chi connectivity index (χ0n) is 26.9. The first kappa shape index (κ1) is 28.6. The number of aromatic nitrogens is 2. The van der Waals surface area contributed by atoms with Crippen molar-refractivity contribution in [2.24, 2.45) is 0 Å². The Balaban J connectivity index is 1.23. The standard InChI is InChI=1S/C46H28N2OS/c1-3-13-29(14-4-1)32-17-7-8-19-35(32)46-47-39(30-15-5-2-6-16-30)28-40(48-46)36-25-24-33(45-44(36)37-20-9-11-21-41(37)49-45)31-23-26-43-38(27-31)34-18-10-12-22-42(34)50-43/h1-28H. The second-order valence-corrected chi connectivity index (χ2v) is 13.6. The summed E-state index contributed by atoms with van der Waals surface area (Å²) in [6.45, 7) is 0. The Morgan fingerprint density at radius 1 is 0.400 bits per heavy atom. The van der Waals surface area contributed by atoms with Crippen LogP contribution in [0, 0.1) is 0 Å². The summed E-state index contributed by atoms with van der Waals surface area (Å²) in [5, 5.41) is 4.66. The van der Waals surface area contributed by atoms with Gasteiger partial charge < -0.3 is 4.42 Å². The van der Waals surface area contributed by atoms with E-state index in [9.17, 15) is 0 Å². The molecule has 3 aromatic heterocycles. The number of benzene rings is 7. The fourth-order valence-corrected chi connectivity index (χ4v) is 8.26. The fourth-order valence-electron chi connectivity index (χ4n) is 7.17. The van der Waals surface area contributed by atoms with E-state index in [4.69, 9.17) is 14.4 Å². The lowest BCUT2D eigenvalue weighted by atomic mass is 9.95. The van der Waals surface area contributed by atoms with Gasteiger partial charge in [-0.25, -0.2) is 9.97 Å². The SMILES string of the molecule is c1ccc(-c2cc(-c3ccc(-c4ccc5sc6ccccc6c5c4)c4oc5ccccc5c34)nc(-c3ccccc3-c3ccccc3)n2)cc1. The predicted molar refractivity (Wildman–Crippen MR) is 209 cm³/mol. The lowest BCUT2D eigenvalue weighted by Gasteiger charge is -2.14. The quantitative estimate of drug-likeness (QED) is 0.185. The van der Waals surface area contributed by atoms with Crippen molar-refractivity contribution in [3.8, 4) is 56.2 Å². The van der Waals surface area contributed by atoms with Gasteiger partial charge in [0, 0.05) is 53.2 Å². The van der Waals surface area contributed by atoms with E-state index in [1.54, 1.807) is 0 Å². The average Bonchev–Trinajstić information content (AvgIpc) is 3.77. The molecule has 50 heavy (non-hydrogen) atoms. The maximum absolute atomic E-state index is 6.75. The molecule has 0 amide bonds. The number of hydrogen-bond donors (Lipinski definition) is 0. The van der Waals surface area contributed by atoms with Crippen LogP contribution in [0.1, 0.15) is 0 Å². The van der Waals surface area contributed by atoms with Gasteiger partial charge in [0.05, 0.1) is 11.4 Å². The summed E-state index contributed by atoms with van der Waals surface area (Å²) >= 11 is 1.83. The van der Waals surface area contributed by atoms with E-state index in [1.165, 1.54) is 20.2 Å². The molecule has 0 N–H and O–H groups in total. The molecular weight excluding hydrogens is 629 g/mol. The zero-order valence-corrected chi connectivity index (χ0v) is 27.7. The minimum absolute atomic E-state index is 0.681. The molecular formula is C46H28N2OS. The molecule has 7 aromatic carbocycles. The normalized spacial score (nSPS) is 11.6. The van der Waals surface area contributed by atoms with E-state index < -0.39 is 0 Å². The Hall–Kier alpha value is -6.36. The molecule has 10 aromatic rings. The molecule has 3 nitrogen and oxygen atoms in total. The first-order chi connectivity index (χ1) is 24.8. The number of thiophene rings is 1. The van der Waals surface area contributed by atoms with Crippen molar-refractivity contribution in [3.05, 3.63) is 170 Å². The number of fused-ring (bicyclic) bond motifs is 6. The maximum Gasteiger partial charge on any atom is 0.161 e. The van der Waals surface area contributed by atoms with Gasteiger partial charge in [-0.1, -0.05) is 133 Å². The van der Waals surface area contributed by atoms with Gasteiger partial charge in [-0.15, -0.1) is 11.3 Å². The van der Waals surface area contributed by atoms with Gasteiger partial charge in [-0.2, -0.15) is 0 Å². The van der Waals surface area contributed by atoms with Crippen LogP contribution in [-0.4, -0.2) is 9.97 Å². The number of furan rings is 1. The summed E-state index contributed by atoms with van der Waals surface area (Å²) in [7, 11) is 0. The fraction of sp³-hybridized carbons (Fsp3) is 0. The van der Waals surface area contributed by atoms with Crippen molar-refractivity contribution in [3.63, 3.8) is 0 Å². The lowest BCUT2D eigenvalue weighted by molar-refractivity contribution is 0.670. The Labute approximate surface area is 292 Å². The molecule has 0 saturated heterocycles. The van der Waals surface area contributed by atoms with Crippen molar-refractivity contribution >= 4 is 53.4 Å². The van der Waals surface area contributed by atoms with Gasteiger partial charge in [-0.05, 0) is 53.1 Å². The van der Waals surface area contributed by atoms with Crippen LogP contribution in [0.4, 0.5) is 0 Å².